The maximum Gasteiger partial charge on any atom is 0.251 e. The lowest BCUT2D eigenvalue weighted by atomic mass is 9.99. The molecule has 0 aliphatic heterocycles. The fourth-order valence-electron chi connectivity index (χ4n) is 2.95. The summed E-state index contributed by atoms with van der Waals surface area (Å²) in [5, 5.41) is 9.70. The van der Waals surface area contributed by atoms with Gasteiger partial charge in [-0.2, -0.15) is 0 Å². The third-order valence-corrected chi connectivity index (χ3v) is 4.22. The molecule has 0 saturated carbocycles. The molecule has 0 bridgehead atoms. The Morgan fingerprint density at radius 2 is 2.05 bits per heavy atom. The van der Waals surface area contributed by atoms with Crippen molar-refractivity contribution >= 4 is 17.5 Å². The Kier molecular flexibility index (Phi) is 5.27. The number of carbonyl (C=O) groups excluding carboxylic acids is 1. The van der Waals surface area contributed by atoms with E-state index in [2.05, 4.69) is 4.57 Å². The van der Waals surface area contributed by atoms with Gasteiger partial charge in [-0.1, -0.05) is 36.7 Å². The SMILES string of the molecule is CCc1c(-c2ccccc2Cl)c(C(N)=O)c(C)n1CCCO. The Labute approximate surface area is 135 Å². The number of hydrogen-bond acceptors (Lipinski definition) is 2. The summed E-state index contributed by atoms with van der Waals surface area (Å²) in [6.45, 7) is 4.68. The summed E-state index contributed by atoms with van der Waals surface area (Å²) in [4.78, 5) is 12.0. The van der Waals surface area contributed by atoms with Gasteiger partial charge < -0.3 is 15.4 Å². The van der Waals surface area contributed by atoms with E-state index in [1.807, 2.05) is 38.1 Å². The number of aliphatic hydroxyl groups is 1. The Bertz CT molecular complexity index is 692. The predicted molar refractivity (Wildman–Crippen MR) is 89.2 cm³/mol. The van der Waals surface area contributed by atoms with Gasteiger partial charge in [-0.15, -0.1) is 0 Å². The lowest BCUT2D eigenvalue weighted by molar-refractivity contribution is 0.1000. The molecule has 0 spiro atoms. The molecular formula is C17H21ClN2O2. The zero-order chi connectivity index (χ0) is 16.3. The average Bonchev–Trinajstić information content (AvgIpc) is 2.77. The summed E-state index contributed by atoms with van der Waals surface area (Å²) in [6, 6.07) is 7.46. The number of primary amides is 1. The van der Waals surface area contributed by atoms with Gasteiger partial charge in [0, 0.05) is 40.7 Å². The van der Waals surface area contributed by atoms with Crippen molar-refractivity contribution in [3.63, 3.8) is 0 Å². The number of hydrogen-bond donors (Lipinski definition) is 2. The number of aromatic nitrogens is 1. The third kappa shape index (κ3) is 2.89. The minimum absolute atomic E-state index is 0.105. The summed E-state index contributed by atoms with van der Waals surface area (Å²) < 4.78 is 2.06. The molecule has 1 heterocycles. The largest absolute Gasteiger partial charge is 0.396 e. The van der Waals surface area contributed by atoms with E-state index in [1.54, 1.807) is 0 Å². The molecule has 1 aromatic heterocycles. The van der Waals surface area contributed by atoms with Gasteiger partial charge in [-0.25, -0.2) is 0 Å². The van der Waals surface area contributed by atoms with Gasteiger partial charge in [-0.05, 0) is 25.8 Å². The fraction of sp³-hybridized carbons (Fsp3) is 0.353. The number of nitrogens with two attached hydrogens (primary N) is 1. The van der Waals surface area contributed by atoms with Crippen LogP contribution in [0, 0.1) is 6.92 Å². The average molecular weight is 321 g/mol. The Balaban J connectivity index is 2.76. The van der Waals surface area contributed by atoms with Crippen LogP contribution in [0.3, 0.4) is 0 Å². The normalized spacial score (nSPS) is 10.9. The van der Waals surface area contributed by atoms with E-state index in [9.17, 15) is 4.79 Å². The lowest BCUT2D eigenvalue weighted by Crippen LogP contribution is -2.13. The molecule has 118 valence electrons. The van der Waals surface area contributed by atoms with Crippen molar-refractivity contribution < 1.29 is 9.90 Å². The van der Waals surface area contributed by atoms with Crippen LogP contribution in [0.15, 0.2) is 24.3 Å². The number of amides is 1. The highest BCUT2D eigenvalue weighted by atomic mass is 35.5. The summed E-state index contributed by atoms with van der Waals surface area (Å²) in [5.41, 5.74) is 9.62. The molecule has 0 fully saturated rings. The summed E-state index contributed by atoms with van der Waals surface area (Å²) >= 11 is 6.33. The van der Waals surface area contributed by atoms with Crippen LogP contribution in [0.4, 0.5) is 0 Å². The number of aliphatic hydroxyl groups excluding tert-OH is 1. The number of rotatable bonds is 6. The Hall–Kier alpha value is -1.78. The quantitative estimate of drug-likeness (QED) is 0.858. The standard InChI is InChI=1S/C17H21ClN2O2/c1-3-14-16(12-7-4-5-8-13(12)18)15(17(19)22)11(2)20(14)9-6-10-21/h4-5,7-8,21H,3,6,9-10H2,1-2H3,(H2,19,22). The van der Waals surface area contributed by atoms with Crippen molar-refractivity contribution in [1.29, 1.82) is 0 Å². The second-order valence-electron chi connectivity index (χ2n) is 5.21. The lowest BCUT2D eigenvalue weighted by Gasteiger charge is -2.11. The summed E-state index contributed by atoms with van der Waals surface area (Å²) in [6.07, 6.45) is 1.38. The molecular weight excluding hydrogens is 300 g/mol. The number of halogens is 1. The Morgan fingerprint density at radius 1 is 1.36 bits per heavy atom. The number of benzene rings is 1. The van der Waals surface area contributed by atoms with Gasteiger partial charge in [0.1, 0.15) is 0 Å². The van der Waals surface area contributed by atoms with Crippen molar-refractivity contribution in [3.8, 4) is 11.1 Å². The number of nitrogens with zero attached hydrogens (tertiary/aromatic N) is 1. The van der Waals surface area contributed by atoms with Crippen molar-refractivity contribution in [1.82, 2.24) is 4.57 Å². The van der Waals surface area contributed by atoms with E-state index in [1.165, 1.54) is 0 Å². The zero-order valence-corrected chi connectivity index (χ0v) is 13.7. The van der Waals surface area contributed by atoms with Crippen LogP contribution in [0.5, 0.6) is 0 Å². The summed E-state index contributed by atoms with van der Waals surface area (Å²) in [7, 11) is 0. The topological polar surface area (TPSA) is 68.2 Å². The first kappa shape index (κ1) is 16.6. The highest BCUT2D eigenvalue weighted by molar-refractivity contribution is 6.33. The first-order valence-corrected chi connectivity index (χ1v) is 7.78. The van der Waals surface area contributed by atoms with Gasteiger partial charge >= 0.3 is 0 Å². The predicted octanol–water partition coefficient (Wildman–Crippen LogP) is 3.16. The second kappa shape index (κ2) is 6.99. The van der Waals surface area contributed by atoms with Gasteiger partial charge in [0.2, 0.25) is 0 Å². The van der Waals surface area contributed by atoms with Gasteiger partial charge in [0.05, 0.1) is 5.56 Å². The van der Waals surface area contributed by atoms with E-state index < -0.39 is 5.91 Å². The molecule has 0 aliphatic rings. The maximum atomic E-state index is 12.0. The van der Waals surface area contributed by atoms with Crippen molar-refractivity contribution in [3.05, 3.63) is 46.2 Å². The Morgan fingerprint density at radius 3 is 2.59 bits per heavy atom. The maximum absolute atomic E-state index is 12.0. The molecule has 2 aromatic rings. The number of carbonyl (C=O) groups is 1. The third-order valence-electron chi connectivity index (χ3n) is 3.90. The second-order valence-corrected chi connectivity index (χ2v) is 5.62. The fourth-order valence-corrected chi connectivity index (χ4v) is 3.18. The molecule has 22 heavy (non-hydrogen) atoms. The smallest absolute Gasteiger partial charge is 0.251 e. The molecule has 0 atom stereocenters. The summed E-state index contributed by atoms with van der Waals surface area (Å²) in [5.74, 6) is -0.454. The molecule has 0 aliphatic carbocycles. The molecule has 1 aromatic carbocycles. The molecule has 5 heteroatoms. The molecule has 1 amide bonds. The van der Waals surface area contributed by atoms with Crippen LogP contribution in [0.2, 0.25) is 5.02 Å². The van der Waals surface area contributed by atoms with Crippen LogP contribution in [-0.4, -0.2) is 22.2 Å². The molecule has 0 radical (unpaired) electrons. The van der Waals surface area contributed by atoms with E-state index in [4.69, 9.17) is 22.4 Å². The van der Waals surface area contributed by atoms with E-state index in [0.717, 1.165) is 28.9 Å². The molecule has 2 rings (SSSR count). The van der Waals surface area contributed by atoms with Crippen LogP contribution in [0.25, 0.3) is 11.1 Å². The molecule has 3 N–H and O–H groups in total. The highest BCUT2D eigenvalue weighted by Crippen LogP contribution is 2.37. The minimum atomic E-state index is -0.454. The highest BCUT2D eigenvalue weighted by Gasteiger charge is 2.24. The van der Waals surface area contributed by atoms with E-state index >= 15 is 0 Å². The zero-order valence-electron chi connectivity index (χ0n) is 12.9. The first-order chi connectivity index (χ1) is 10.5. The van der Waals surface area contributed by atoms with Gasteiger partial charge in [0.15, 0.2) is 0 Å². The molecule has 0 unspecified atom stereocenters. The van der Waals surface area contributed by atoms with Crippen molar-refractivity contribution in [2.45, 2.75) is 33.2 Å². The first-order valence-electron chi connectivity index (χ1n) is 7.40. The van der Waals surface area contributed by atoms with Crippen LogP contribution >= 0.6 is 11.6 Å². The van der Waals surface area contributed by atoms with Crippen LogP contribution in [-0.2, 0) is 13.0 Å². The van der Waals surface area contributed by atoms with Gasteiger partial charge in [-0.3, -0.25) is 4.79 Å². The molecule has 0 saturated heterocycles. The van der Waals surface area contributed by atoms with Gasteiger partial charge in [0.25, 0.3) is 5.91 Å². The van der Waals surface area contributed by atoms with Crippen molar-refractivity contribution in [2.75, 3.05) is 6.61 Å². The van der Waals surface area contributed by atoms with Crippen LogP contribution < -0.4 is 5.73 Å². The van der Waals surface area contributed by atoms with E-state index in [-0.39, 0.29) is 6.61 Å². The van der Waals surface area contributed by atoms with E-state index in [0.29, 0.717) is 23.6 Å². The van der Waals surface area contributed by atoms with Crippen LogP contribution in [0.1, 0.15) is 35.1 Å². The molecule has 4 nitrogen and oxygen atoms in total. The minimum Gasteiger partial charge on any atom is -0.396 e. The monoisotopic (exact) mass is 320 g/mol. The van der Waals surface area contributed by atoms with Crippen molar-refractivity contribution in [2.24, 2.45) is 5.73 Å².